The van der Waals surface area contributed by atoms with Crippen LogP contribution in [0.15, 0.2) is 24.4 Å². The van der Waals surface area contributed by atoms with Crippen molar-refractivity contribution in [3.63, 3.8) is 0 Å². The Kier molecular flexibility index (Phi) is 4.02. The van der Waals surface area contributed by atoms with Crippen LogP contribution >= 0.6 is 0 Å². The van der Waals surface area contributed by atoms with Gasteiger partial charge in [0.1, 0.15) is 5.75 Å². The molecule has 20 heavy (non-hydrogen) atoms. The second-order valence-corrected chi connectivity index (χ2v) is 5.44. The van der Waals surface area contributed by atoms with Crippen molar-refractivity contribution in [1.29, 1.82) is 0 Å². The molecular weight excluding hydrogens is 254 g/mol. The van der Waals surface area contributed by atoms with Crippen molar-refractivity contribution in [2.75, 3.05) is 7.11 Å². The van der Waals surface area contributed by atoms with Crippen LogP contribution in [0.2, 0.25) is 0 Å². The molecule has 0 aliphatic carbocycles. The number of nitrogens with zero attached hydrogens (tertiary/aromatic N) is 1. The number of carbonyl (C=O) groups is 1. The summed E-state index contributed by atoms with van der Waals surface area (Å²) in [6.45, 7) is 6.18. The van der Waals surface area contributed by atoms with Gasteiger partial charge in [-0.25, -0.2) is 0 Å². The Morgan fingerprint density at radius 3 is 2.60 bits per heavy atom. The number of benzene rings is 1. The lowest BCUT2D eigenvalue weighted by Crippen LogP contribution is -2.03. The molecule has 1 unspecified atom stereocenters. The summed E-state index contributed by atoms with van der Waals surface area (Å²) < 4.78 is 7.63. The maximum Gasteiger partial charge on any atom is 0.303 e. The van der Waals surface area contributed by atoms with Gasteiger partial charge in [0, 0.05) is 17.6 Å². The summed E-state index contributed by atoms with van der Waals surface area (Å²) in [5.41, 5.74) is 2.13. The molecule has 1 atom stereocenters. The molecule has 1 aromatic heterocycles. The Labute approximate surface area is 119 Å². The molecule has 0 bridgehead atoms. The van der Waals surface area contributed by atoms with E-state index >= 15 is 0 Å². The minimum Gasteiger partial charge on any atom is -0.496 e. The summed E-state index contributed by atoms with van der Waals surface area (Å²) in [4.78, 5) is 11.0. The normalized spacial score (nSPS) is 12.8. The lowest BCUT2D eigenvalue weighted by molar-refractivity contribution is -0.137. The SMILES string of the molecule is COc1cccc2c1c(C(C)CC(=O)O)cn2C(C)C. The van der Waals surface area contributed by atoms with Crippen molar-refractivity contribution in [2.45, 2.75) is 39.2 Å². The average molecular weight is 275 g/mol. The Balaban J connectivity index is 2.66. The number of aromatic nitrogens is 1. The summed E-state index contributed by atoms with van der Waals surface area (Å²) in [6, 6.07) is 6.25. The standard InChI is InChI=1S/C16H21NO3/c1-10(2)17-9-12(11(3)8-15(18)19)16-13(17)6-5-7-14(16)20-4/h5-7,9-11H,8H2,1-4H3,(H,18,19). The number of ether oxygens (including phenoxy) is 1. The molecule has 0 amide bonds. The van der Waals surface area contributed by atoms with E-state index in [0.29, 0.717) is 6.04 Å². The molecule has 0 fully saturated rings. The first-order valence-electron chi connectivity index (χ1n) is 6.85. The number of carboxylic acids is 1. The molecule has 0 spiro atoms. The molecule has 4 heteroatoms. The van der Waals surface area contributed by atoms with Crippen molar-refractivity contribution in [3.05, 3.63) is 30.0 Å². The van der Waals surface area contributed by atoms with E-state index in [-0.39, 0.29) is 12.3 Å². The Bertz CT molecular complexity index is 628. The molecule has 0 aliphatic rings. The number of hydrogen-bond donors (Lipinski definition) is 1. The zero-order chi connectivity index (χ0) is 14.9. The first kappa shape index (κ1) is 14.4. The zero-order valence-corrected chi connectivity index (χ0v) is 12.4. The second kappa shape index (κ2) is 5.57. The van der Waals surface area contributed by atoms with Crippen LogP contribution < -0.4 is 4.74 Å². The highest BCUT2D eigenvalue weighted by molar-refractivity contribution is 5.91. The van der Waals surface area contributed by atoms with Crippen LogP contribution in [-0.2, 0) is 4.79 Å². The summed E-state index contributed by atoms with van der Waals surface area (Å²) in [6.07, 6.45) is 2.18. The van der Waals surface area contributed by atoms with E-state index in [1.165, 1.54) is 0 Å². The van der Waals surface area contributed by atoms with Gasteiger partial charge in [0.05, 0.1) is 19.0 Å². The number of fused-ring (bicyclic) bond motifs is 1. The van der Waals surface area contributed by atoms with Crippen LogP contribution in [0.4, 0.5) is 0 Å². The quantitative estimate of drug-likeness (QED) is 0.902. The predicted molar refractivity (Wildman–Crippen MR) is 79.5 cm³/mol. The van der Waals surface area contributed by atoms with Crippen molar-refractivity contribution in [1.82, 2.24) is 4.57 Å². The molecular formula is C16H21NO3. The maximum atomic E-state index is 11.0. The number of hydrogen-bond acceptors (Lipinski definition) is 2. The minimum absolute atomic E-state index is 0.0497. The van der Waals surface area contributed by atoms with Crippen molar-refractivity contribution < 1.29 is 14.6 Å². The monoisotopic (exact) mass is 275 g/mol. The molecule has 1 N–H and O–H groups in total. The smallest absolute Gasteiger partial charge is 0.303 e. The number of carboxylic acid groups (broad SMARTS) is 1. The first-order valence-corrected chi connectivity index (χ1v) is 6.85. The summed E-state index contributed by atoms with van der Waals surface area (Å²) >= 11 is 0. The maximum absolute atomic E-state index is 11.0. The van der Waals surface area contributed by atoms with Crippen LogP contribution in [0, 0.1) is 0 Å². The van der Waals surface area contributed by atoms with Gasteiger partial charge in [-0.05, 0) is 37.5 Å². The predicted octanol–water partition coefficient (Wildman–Crippen LogP) is 3.81. The Morgan fingerprint density at radius 1 is 1.35 bits per heavy atom. The summed E-state index contributed by atoms with van der Waals surface area (Å²) in [7, 11) is 1.65. The molecule has 1 aromatic carbocycles. The minimum atomic E-state index is -0.780. The fourth-order valence-electron chi connectivity index (χ4n) is 2.65. The van der Waals surface area contributed by atoms with Gasteiger partial charge >= 0.3 is 5.97 Å². The number of aliphatic carboxylic acids is 1. The molecule has 0 radical (unpaired) electrons. The summed E-state index contributed by atoms with van der Waals surface area (Å²) in [5, 5.41) is 10.0. The molecule has 4 nitrogen and oxygen atoms in total. The van der Waals surface area contributed by atoms with E-state index < -0.39 is 5.97 Å². The topological polar surface area (TPSA) is 51.5 Å². The van der Waals surface area contributed by atoms with E-state index in [1.54, 1.807) is 7.11 Å². The van der Waals surface area contributed by atoms with E-state index in [2.05, 4.69) is 30.7 Å². The van der Waals surface area contributed by atoms with E-state index in [4.69, 9.17) is 9.84 Å². The van der Waals surface area contributed by atoms with Crippen LogP contribution in [0.1, 0.15) is 44.7 Å². The van der Waals surface area contributed by atoms with E-state index in [9.17, 15) is 4.79 Å². The van der Waals surface area contributed by atoms with E-state index in [0.717, 1.165) is 22.2 Å². The van der Waals surface area contributed by atoms with Crippen molar-refractivity contribution in [3.8, 4) is 5.75 Å². The molecule has 1 heterocycles. The largest absolute Gasteiger partial charge is 0.496 e. The lowest BCUT2D eigenvalue weighted by atomic mass is 9.97. The highest BCUT2D eigenvalue weighted by Gasteiger charge is 2.20. The third kappa shape index (κ3) is 2.50. The van der Waals surface area contributed by atoms with Crippen LogP contribution in [0.5, 0.6) is 5.75 Å². The molecule has 2 rings (SSSR count). The van der Waals surface area contributed by atoms with Gasteiger partial charge in [-0.3, -0.25) is 4.79 Å². The van der Waals surface area contributed by atoms with Gasteiger partial charge < -0.3 is 14.4 Å². The number of rotatable bonds is 5. The van der Waals surface area contributed by atoms with Crippen molar-refractivity contribution in [2.24, 2.45) is 0 Å². The van der Waals surface area contributed by atoms with Gasteiger partial charge in [0.15, 0.2) is 0 Å². The molecule has 108 valence electrons. The first-order chi connectivity index (χ1) is 9.45. The Morgan fingerprint density at radius 2 is 2.05 bits per heavy atom. The van der Waals surface area contributed by atoms with Gasteiger partial charge in [-0.2, -0.15) is 0 Å². The van der Waals surface area contributed by atoms with Gasteiger partial charge in [0.2, 0.25) is 0 Å². The second-order valence-electron chi connectivity index (χ2n) is 5.44. The zero-order valence-electron chi connectivity index (χ0n) is 12.4. The summed E-state index contributed by atoms with van der Waals surface area (Å²) in [5.74, 6) is -0.0294. The van der Waals surface area contributed by atoms with E-state index in [1.807, 2.05) is 19.1 Å². The molecule has 0 saturated heterocycles. The fraction of sp³-hybridized carbons (Fsp3) is 0.438. The van der Waals surface area contributed by atoms with Gasteiger partial charge in [-0.1, -0.05) is 13.0 Å². The molecule has 0 saturated carbocycles. The highest BCUT2D eigenvalue weighted by Crippen LogP contribution is 2.37. The third-order valence-electron chi connectivity index (χ3n) is 3.64. The number of methoxy groups -OCH3 is 1. The fourth-order valence-corrected chi connectivity index (χ4v) is 2.65. The van der Waals surface area contributed by atoms with Crippen LogP contribution in [-0.4, -0.2) is 22.8 Å². The lowest BCUT2D eigenvalue weighted by Gasteiger charge is -2.10. The molecule has 0 aliphatic heterocycles. The van der Waals surface area contributed by atoms with Crippen LogP contribution in [0.25, 0.3) is 10.9 Å². The average Bonchev–Trinajstić information content (AvgIpc) is 2.77. The Hall–Kier alpha value is -1.97. The highest BCUT2D eigenvalue weighted by atomic mass is 16.5. The van der Waals surface area contributed by atoms with Gasteiger partial charge in [-0.15, -0.1) is 0 Å². The van der Waals surface area contributed by atoms with Crippen LogP contribution in [0.3, 0.4) is 0 Å². The van der Waals surface area contributed by atoms with Crippen molar-refractivity contribution >= 4 is 16.9 Å². The third-order valence-corrected chi connectivity index (χ3v) is 3.64. The van der Waals surface area contributed by atoms with Gasteiger partial charge in [0.25, 0.3) is 0 Å². The molecule has 2 aromatic rings.